The van der Waals surface area contributed by atoms with Crippen LogP contribution in [-0.2, 0) is 0 Å². The highest BCUT2D eigenvalue weighted by atomic mass is 79.9. The number of methoxy groups -OCH3 is 1. The predicted molar refractivity (Wildman–Crippen MR) is 120 cm³/mol. The third-order valence-corrected chi connectivity index (χ3v) is 4.99. The van der Waals surface area contributed by atoms with Crippen molar-refractivity contribution >= 4 is 44.2 Å². The molecule has 0 atom stereocenters. The van der Waals surface area contributed by atoms with E-state index in [1.165, 1.54) is 12.1 Å². The van der Waals surface area contributed by atoms with Crippen molar-refractivity contribution in [3.8, 4) is 17.0 Å². The zero-order chi connectivity index (χ0) is 21.1. The third-order valence-electron chi connectivity index (χ3n) is 4.50. The van der Waals surface area contributed by atoms with Crippen LogP contribution < -0.4 is 15.4 Å². The van der Waals surface area contributed by atoms with Crippen LogP contribution in [0.2, 0.25) is 0 Å². The number of rotatable bonds is 4. The van der Waals surface area contributed by atoms with E-state index >= 15 is 0 Å². The fraction of sp³-hybridized carbons (Fsp3) is 0.0435. The molecule has 7 heteroatoms. The molecule has 0 saturated heterocycles. The van der Waals surface area contributed by atoms with Gasteiger partial charge in [-0.2, -0.15) is 0 Å². The smallest absolute Gasteiger partial charge is 0.323 e. The van der Waals surface area contributed by atoms with Crippen molar-refractivity contribution in [2.45, 2.75) is 0 Å². The number of carbonyl (C=O) groups is 1. The summed E-state index contributed by atoms with van der Waals surface area (Å²) in [7, 11) is 1.59. The van der Waals surface area contributed by atoms with E-state index in [0.717, 1.165) is 22.2 Å². The molecule has 3 aromatic carbocycles. The first-order valence-electron chi connectivity index (χ1n) is 9.11. The van der Waals surface area contributed by atoms with Crippen LogP contribution >= 0.6 is 15.9 Å². The number of nitrogens with one attached hydrogen (secondary N) is 2. The number of anilines is 2. The average Bonchev–Trinajstić information content (AvgIpc) is 2.75. The van der Waals surface area contributed by atoms with Gasteiger partial charge in [0.25, 0.3) is 0 Å². The SMILES string of the molecule is COc1cc(-c2ccccc2)nc2ccc(NC(=O)Nc3ccc(Br)cc3F)cc12. The first-order chi connectivity index (χ1) is 14.5. The Morgan fingerprint density at radius 2 is 1.80 bits per heavy atom. The van der Waals surface area contributed by atoms with Crippen LogP contribution in [0.5, 0.6) is 5.75 Å². The molecule has 1 heterocycles. The molecule has 0 aliphatic rings. The molecule has 0 aliphatic heterocycles. The monoisotopic (exact) mass is 465 g/mol. The molecule has 2 N–H and O–H groups in total. The lowest BCUT2D eigenvalue weighted by molar-refractivity contribution is 0.262. The molecule has 0 fully saturated rings. The van der Waals surface area contributed by atoms with Crippen molar-refractivity contribution < 1.29 is 13.9 Å². The molecule has 30 heavy (non-hydrogen) atoms. The standard InChI is InChI=1S/C23H17BrFN3O2/c1-30-22-13-21(14-5-3-2-4-6-14)27-19-10-8-16(12-17(19)22)26-23(29)28-20-9-7-15(24)11-18(20)25/h2-13H,1H3,(H2,26,28,29). The van der Waals surface area contributed by atoms with Crippen molar-refractivity contribution in [2.24, 2.45) is 0 Å². The normalized spacial score (nSPS) is 10.6. The molecule has 0 bridgehead atoms. The number of aromatic nitrogens is 1. The minimum Gasteiger partial charge on any atom is -0.496 e. The fourth-order valence-electron chi connectivity index (χ4n) is 3.07. The van der Waals surface area contributed by atoms with Crippen molar-refractivity contribution in [2.75, 3.05) is 17.7 Å². The molecule has 5 nitrogen and oxygen atoms in total. The van der Waals surface area contributed by atoms with Gasteiger partial charge in [-0.1, -0.05) is 46.3 Å². The van der Waals surface area contributed by atoms with Gasteiger partial charge in [-0.05, 0) is 36.4 Å². The van der Waals surface area contributed by atoms with Crippen molar-refractivity contribution in [1.29, 1.82) is 0 Å². The van der Waals surface area contributed by atoms with E-state index in [1.807, 2.05) is 36.4 Å². The van der Waals surface area contributed by atoms with Crippen LogP contribution in [0.3, 0.4) is 0 Å². The van der Waals surface area contributed by atoms with Crippen molar-refractivity contribution in [3.63, 3.8) is 0 Å². The largest absolute Gasteiger partial charge is 0.496 e. The molecule has 150 valence electrons. The Bertz CT molecular complexity index is 1230. The first-order valence-corrected chi connectivity index (χ1v) is 9.90. The van der Waals surface area contributed by atoms with Crippen LogP contribution in [0, 0.1) is 5.82 Å². The van der Waals surface area contributed by atoms with Gasteiger partial charge in [0, 0.05) is 27.2 Å². The number of carbonyl (C=O) groups excluding carboxylic acids is 1. The molecule has 0 unspecified atom stereocenters. The Kier molecular flexibility index (Phi) is 5.63. The van der Waals surface area contributed by atoms with Crippen LogP contribution in [0.1, 0.15) is 0 Å². The molecule has 4 rings (SSSR count). The number of pyridine rings is 1. The summed E-state index contributed by atoms with van der Waals surface area (Å²) in [6.07, 6.45) is 0. The average molecular weight is 466 g/mol. The van der Waals surface area contributed by atoms with Gasteiger partial charge in [0.05, 0.1) is 24.0 Å². The van der Waals surface area contributed by atoms with Crippen LogP contribution in [0.15, 0.2) is 77.3 Å². The zero-order valence-corrected chi connectivity index (χ0v) is 17.5. The number of ether oxygens (including phenoxy) is 1. The molecular weight excluding hydrogens is 449 g/mol. The Morgan fingerprint density at radius 1 is 1.00 bits per heavy atom. The molecule has 1 aromatic heterocycles. The number of urea groups is 1. The maximum atomic E-state index is 13.9. The summed E-state index contributed by atoms with van der Waals surface area (Å²) in [4.78, 5) is 17.0. The Morgan fingerprint density at radius 3 is 2.53 bits per heavy atom. The second-order valence-electron chi connectivity index (χ2n) is 6.51. The lowest BCUT2D eigenvalue weighted by Crippen LogP contribution is -2.20. The summed E-state index contributed by atoms with van der Waals surface area (Å²) >= 11 is 3.19. The van der Waals surface area contributed by atoms with Gasteiger partial charge in [0.2, 0.25) is 0 Å². The van der Waals surface area contributed by atoms with E-state index in [-0.39, 0.29) is 5.69 Å². The highest BCUT2D eigenvalue weighted by molar-refractivity contribution is 9.10. The van der Waals surface area contributed by atoms with Crippen molar-refractivity contribution in [3.05, 3.63) is 83.1 Å². The molecule has 0 spiro atoms. The minimum atomic E-state index is -0.552. The summed E-state index contributed by atoms with van der Waals surface area (Å²) in [5, 5.41) is 5.97. The van der Waals surface area contributed by atoms with Gasteiger partial charge < -0.3 is 15.4 Å². The quantitative estimate of drug-likeness (QED) is 0.363. The van der Waals surface area contributed by atoms with Crippen LogP contribution in [0.25, 0.3) is 22.2 Å². The number of halogens is 2. The third kappa shape index (κ3) is 4.26. The van der Waals surface area contributed by atoms with Gasteiger partial charge in [0.1, 0.15) is 11.6 Å². The Balaban J connectivity index is 1.60. The van der Waals surface area contributed by atoms with Crippen LogP contribution in [-0.4, -0.2) is 18.1 Å². The number of amides is 2. The number of nitrogens with zero attached hydrogens (tertiary/aromatic N) is 1. The van der Waals surface area contributed by atoms with Gasteiger partial charge in [0.15, 0.2) is 0 Å². The number of benzene rings is 3. The molecule has 4 aromatic rings. The molecule has 0 saturated carbocycles. The second-order valence-corrected chi connectivity index (χ2v) is 7.43. The first kappa shape index (κ1) is 19.8. The van der Waals surface area contributed by atoms with E-state index in [1.54, 1.807) is 31.4 Å². The molecule has 0 aliphatic carbocycles. The highest BCUT2D eigenvalue weighted by Gasteiger charge is 2.11. The summed E-state index contributed by atoms with van der Waals surface area (Å²) in [6, 6.07) is 20.9. The predicted octanol–water partition coefficient (Wildman–Crippen LogP) is 6.46. The van der Waals surface area contributed by atoms with Gasteiger partial charge in [-0.15, -0.1) is 0 Å². The summed E-state index contributed by atoms with van der Waals surface area (Å²) in [5.41, 5.74) is 3.13. The number of hydrogen-bond acceptors (Lipinski definition) is 3. The fourth-order valence-corrected chi connectivity index (χ4v) is 3.41. The highest BCUT2D eigenvalue weighted by Crippen LogP contribution is 2.31. The lowest BCUT2D eigenvalue weighted by atomic mass is 10.1. The van der Waals surface area contributed by atoms with E-state index in [2.05, 4.69) is 26.6 Å². The van der Waals surface area contributed by atoms with Gasteiger partial charge in [-0.25, -0.2) is 14.2 Å². The Hall–Kier alpha value is -3.45. The summed E-state index contributed by atoms with van der Waals surface area (Å²) < 4.78 is 20.1. The van der Waals surface area contributed by atoms with E-state index < -0.39 is 11.8 Å². The van der Waals surface area contributed by atoms with E-state index in [0.29, 0.717) is 15.9 Å². The topological polar surface area (TPSA) is 63.2 Å². The number of fused-ring (bicyclic) bond motifs is 1. The zero-order valence-electron chi connectivity index (χ0n) is 15.9. The lowest BCUT2D eigenvalue weighted by Gasteiger charge is -2.12. The van der Waals surface area contributed by atoms with E-state index in [9.17, 15) is 9.18 Å². The maximum Gasteiger partial charge on any atom is 0.323 e. The van der Waals surface area contributed by atoms with E-state index in [4.69, 9.17) is 9.72 Å². The summed E-state index contributed by atoms with van der Waals surface area (Å²) in [5.74, 6) is 0.110. The Labute approximate surface area is 181 Å². The van der Waals surface area contributed by atoms with Gasteiger partial charge in [-0.3, -0.25) is 0 Å². The molecule has 0 radical (unpaired) electrons. The molecular formula is C23H17BrFN3O2. The maximum absolute atomic E-state index is 13.9. The molecule has 2 amide bonds. The number of hydrogen-bond donors (Lipinski definition) is 2. The van der Waals surface area contributed by atoms with Gasteiger partial charge >= 0.3 is 6.03 Å². The minimum absolute atomic E-state index is 0.0863. The second kappa shape index (κ2) is 8.51. The summed E-state index contributed by atoms with van der Waals surface area (Å²) in [6.45, 7) is 0. The van der Waals surface area contributed by atoms with Crippen molar-refractivity contribution in [1.82, 2.24) is 4.98 Å². The van der Waals surface area contributed by atoms with Crippen LogP contribution in [0.4, 0.5) is 20.6 Å².